The molecule has 1 saturated carbocycles. The SMILES string of the molecule is CN(C)c1ccc(C2=CC3=C4C(=C5c6ccccc6S[C@@]5(C#Cc5ccc([N+](=O)[O-])cc5)[C@]3(C)S2)C(F)(F)C(F)(F)C4(F)F)cc1. The Morgan fingerprint density at radius 3 is 2.07 bits per heavy atom. The molecule has 4 aliphatic rings. The van der Waals surface area contributed by atoms with Crippen LogP contribution < -0.4 is 4.90 Å². The molecule has 0 saturated heterocycles. The van der Waals surface area contributed by atoms with Gasteiger partial charge >= 0.3 is 17.8 Å². The van der Waals surface area contributed by atoms with Crippen molar-refractivity contribution >= 4 is 45.4 Å². The van der Waals surface area contributed by atoms with Gasteiger partial charge in [-0.2, -0.15) is 26.3 Å². The van der Waals surface area contributed by atoms with Crippen molar-refractivity contribution in [1.82, 2.24) is 0 Å². The number of nitro groups is 1. The number of nitro benzene ring substituents is 1. The van der Waals surface area contributed by atoms with Crippen LogP contribution in [0.4, 0.5) is 37.7 Å². The fourth-order valence-electron chi connectivity index (χ4n) is 6.47. The largest absolute Gasteiger partial charge is 0.380 e. The predicted octanol–water partition coefficient (Wildman–Crippen LogP) is 9.09. The summed E-state index contributed by atoms with van der Waals surface area (Å²) >= 11 is 2.19. The molecule has 3 aromatic carbocycles. The Bertz CT molecular complexity index is 2010. The number of hydrogen-bond donors (Lipinski definition) is 0. The van der Waals surface area contributed by atoms with Gasteiger partial charge in [0.2, 0.25) is 0 Å². The van der Waals surface area contributed by atoms with Gasteiger partial charge in [-0.15, -0.1) is 11.8 Å². The van der Waals surface area contributed by atoms with Crippen molar-refractivity contribution < 1.29 is 31.3 Å². The minimum atomic E-state index is -5.70. The van der Waals surface area contributed by atoms with Crippen LogP contribution in [0.2, 0.25) is 0 Å². The van der Waals surface area contributed by atoms with Crippen molar-refractivity contribution in [2.24, 2.45) is 0 Å². The molecule has 46 heavy (non-hydrogen) atoms. The van der Waals surface area contributed by atoms with E-state index in [2.05, 4.69) is 11.8 Å². The van der Waals surface area contributed by atoms with Gasteiger partial charge in [0.15, 0.2) is 0 Å². The highest BCUT2D eigenvalue weighted by Gasteiger charge is 2.85. The van der Waals surface area contributed by atoms with Crippen LogP contribution in [0.25, 0.3) is 10.5 Å². The molecule has 234 valence electrons. The lowest BCUT2D eigenvalue weighted by atomic mass is 9.69. The third-order valence-corrected chi connectivity index (χ3v) is 12.1. The summed E-state index contributed by atoms with van der Waals surface area (Å²) in [6, 6.07) is 18.7. The van der Waals surface area contributed by atoms with Crippen LogP contribution in [0.1, 0.15) is 23.6 Å². The van der Waals surface area contributed by atoms with Gasteiger partial charge < -0.3 is 4.90 Å². The van der Waals surface area contributed by atoms with Crippen LogP contribution in [0.5, 0.6) is 0 Å². The van der Waals surface area contributed by atoms with Crippen molar-refractivity contribution in [3.8, 4) is 11.8 Å². The summed E-state index contributed by atoms with van der Waals surface area (Å²) in [4.78, 5) is 13.3. The van der Waals surface area contributed by atoms with E-state index in [9.17, 15) is 10.1 Å². The highest BCUT2D eigenvalue weighted by Crippen LogP contribution is 2.76. The smallest absolute Gasteiger partial charge is 0.378 e. The molecule has 7 rings (SSSR count). The van der Waals surface area contributed by atoms with Crippen LogP contribution in [-0.4, -0.2) is 46.3 Å². The van der Waals surface area contributed by atoms with E-state index >= 15 is 26.3 Å². The van der Waals surface area contributed by atoms with Crippen LogP contribution in [-0.2, 0) is 0 Å². The van der Waals surface area contributed by atoms with Gasteiger partial charge in [-0.3, -0.25) is 10.1 Å². The number of halogens is 6. The van der Waals surface area contributed by atoms with E-state index < -0.39 is 43.3 Å². The van der Waals surface area contributed by atoms with E-state index in [1.54, 1.807) is 31.2 Å². The Morgan fingerprint density at radius 2 is 1.43 bits per heavy atom. The maximum atomic E-state index is 16.0. The number of non-ortho nitro benzene ring substituents is 1. The van der Waals surface area contributed by atoms with E-state index in [1.807, 2.05) is 31.1 Å². The Morgan fingerprint density at radius 1 is 0.804 bits per heavy atom. The summed E-state index contributed by atoms with van der Waals surface area (Å²) in [5, 5.41) is 11.2. The number of hydrogen-bond acceptors (Lipinski definition) is 5. The quantitative estimate of drug-likeness (QED) is 0.121. The second kappa shape index (κ2) is 9.72. The van der Waals surface area contributed by atoms with Gasteiger partial charge in [-0.1, -0.05) is 53.9 Å². The minimum Gasteiger partial charge on any atom is -0.378 e. The van der Waals surface area contributed by atoms with Crippen molar-refractivity contribution in [3.05, 3.63) is 122 Å². The molecule has 1 fully saturated rings. The van der Waals surface area contributed by atoms with Crippen LogP contribution in [0, 0.1) is 22.0 Å². The van der Waals surface area contributed by atoms with E-state index in [0.717, 1.165) is 29.2 Å². The first-order valence-corrected chi connectivity index (χ1v) is 15.6. The number of anilines is 1. The van der Waals surface area contributed by atoms with Crippen LogP contribution in [0.3, 0.4) is 0 Å². The topological polar surface area (TPSA) is 46.4 Å². The van der Waals surface area contributed by atoms with Crippen molar-refractivity contribution in [1.29, 1.82) is 0 Å². The molecule has 2 atom stereocenters. The van der Waals surface area contributed by atoms with Gasteiger partial charge in [0, 0.05) is 64.0 Å². The third kappa shape index (κ3) is 3.81. The molecule has 0 N–H and O–H groups in total. The van der Waals surface area contributed by atoms with Gasteiger partial charge in [-0.25, -0.2) is 0 Å². The molecule has 2 aliphatic carbocycles. The molecular formula is C34H22F6N2O2S2. The highest BCUT2D eigenvalue weighted by atomic mass is 32.2. The Hall–Kier alpha value is -4.08. The Kier molecular flexibility index (Phi) is 6.46. The minimum absolute atomic E-state index is 0.135. The summed E-state index contributed by atoms with van der Waals surface area (Å²) in [6.07, 6.45) is 1.33. The predicted molar refractivity (Wildman–Crippen MR) is 169 cm³/mol. The zero-order chi connectivity index (χ0) is 33.0. The first-order chi connectivity index (χ1) is 21.6. The molecule has 0 radical (unpaired) electrons. The average Bonchev–Trinajstić information content (AvgIpc) is 3.58. The van der Waals surface area contributed by atoms with Crippen molar-refractivity contribution in [3.63, 3.8) is 0 Å². The molecule has 0 spiro atoms. The number of benzene rings is 3. The lowest BCUT2D eigenvalue weighted by molar-refractivity contribution is -0.384. The highest BCUT2D eigenvalue weighted by molar-refractivity contribution is 8.12. The summed E-state index contributed by atoms with van der Waals surface area (Å²) in [7, 11) is 3.70. The van der Waals surface area contributed by atoms with Gasteiger partial charge in [-0.05, 0) is 60.0 Å². The number of thioether (sulfide) groups is 2. The summed E-state index contributed by atoms with van der Waals surface area (Å²) in [5.74, 6) is -10.1. The molecule has 2 aliphatic heterocycles. The number of allylic oxidation sites excluding steroid dienone is 3. The van der Waals surface area contributed by atoms with Crippen molar-refractivity contribution in [2.75, 3.05) is 19.0 Å². The van der Waals surface area contributed by atoms with E-state index in [4.69, 9.17) is 0 Å². The number of alkyl halides is 6. The third-order valence-electron chi connectivity index (χ3n) is 8.86. The number of rotatable bonds is 3. The van der Waals surface area contributed by atoms with Gasteiger partial charge in [0.25, 0.3) is 5.69 Å². The maximum absolute atomic E-state index is 16.0. The maximum Gasteiger partial charge on any atom is 0.380 e. The zero-order valence-electron chi connectivity index (χ0n) is 24.3. The lowest BCUT2D eigenvalue weighted by Crippen LogP contribution is -2.49. The molecule has 2 heterocycles. The summed E-state index contributed by atoms with van der Waals surface area (Å²) in [6.45, 7) is 1.59. The molecule has 0 amide bonds. The molecule has 0 bridgehead atoms. The fourth-order valence-corrected chi connectivity index (χ4v) is 9.64. The van der Waals surface area contributed by atoms with Crippen molar-refractivity contribution in [2.45, 2.75) is 39.1 Å². The first kappa shape index (κ1) is 30.6. The van der Waals surface area contributed by atoms with Gasteiger partial charge in [0.1, 0.15) is 4.75 Å². The molecule has 0 aromatic heterocycles. The average molecular weight is 669 g/mol. The van der Waals surface area contributed by atoms with E-state index in [-0.39, 0.29) is 22.4 Å². The zero-order valence-corrected chi connectivity index (χ0v) is 25.9. The lowest BCUT2D eigenvalue weighted by Gasteiger charge is -2.46. The van der Waals surface area contributed by atoms with Crippen LogP contribution >= 0.6 is 23.5 Å². The first-order valence-electron chi connectivity index (χ1n) is 14.0. The molecule has 12 heteroatoms. The second-order valence-electron chi connectivity index (χ2n) is 11.7. The second-order valence-corrected chi connectivity index (χ2v) is 14.4. The molecule has 0 unspecified atom stereocenters. The fraction of sp³-hybridized carbons (Fsp3) is 0.235. The molecular weight excluding hydrogens is 647 g/mol. The Balaban J connectivity index is 1.54. The normalized spacial score (nSPS) is 26.0. The number of nitrogens with zero attached hydrogens (tertiary/aromatic N) is 2. The Labute approximate surface area is 268 Å². The monoisotopic (exact) mass is 668 g/mol. The molecule has 3 aromatic rings. The number of fused-ring (bicyclic) bond motifs is 6. The summed E-state index contributed by atoms with van der Waals surface area (Å²) in [5.41, 5.74) is -1.76. The van der Waals surface area contributed by atoms with E-state index in [0.29, 0.717) is 20.9 Å². The van der Waals surface area contributed by atoms with Crippen LogP contribution in [0.15, 0.2) is 100 Å². The standard InChI is InChI=1S/C34H22F6N2O2S2/c1-30-24(18-26(45-30)20-10-14-21(15-11-20)41(2)3)28-29(33(37,38)34(39,40)32(28,35)36)27-23-6-4-5-7-25(23)46-31(27,30)17-16-19-8-12-22(13-9-19)42(43)44/h4-15,18H,1-3H3/t30-,31-/m1/s1. The molecule has 4 nitrogen and oxygen atoms in total. The van der Waals surface area contributed by atoms with E-state index in [1.165, 1.54) is 42.5 Å². The summed E-state index contributed by atoms with van der Waals surface area (Å²) < 4.78 is 91.1. The van der Waals surface area contributed by atoms with Gasteiger partial charge in [0.05, 0.1) is 9.67 Å².